The second-order valence-electron chi connectivity index (χ2n) is 6.26. The Labute approximate surface area is 131 Å². The highest BCUT2D eigenvalue weighted by atomic mass is 32.2. The van der Waals surface area contributed by atoms with Crippen molar-refractivity contribution in [2.24, 2.45) is 11.1 Å². The monoisotopic (exact) mass is 325 g/mol. The summed E-state index contributed by atoms with van der Waals surface area (Å²) in [5.41, 5.74) is 6.07. The lowest BCUT2D eigenvalue weighted by molar-refractivity contribution is 0.0999. The van der Waals surface area contributed by atoms with Gasteiger partial charge in [0.05, 0.1) is 4.90 Å². The highest BCUT2D eigenvalue weighted by molar-refractivity contribution is 7.89. The first-order chi connectivity index (χ1) is 10.2. The number of rotatable bonds is 5. The first kappa shape index (κ1) is 16.9. The predicted octanol–water partition coefficient (Wildman–Crippen LogP) is 0.762. The maximum absolute atomic E-state index is 12.4. The van der Waals surface area contributed by atoms with Gasteiger partial charge in [-0.05, 0) is 49.4 Å². The average molecular weight is 325 g/mol. The van der Waals surface area contributed by atoms with Crippen LogP contribution in [0.1, 0.15) is 35.7 Å². The van der Waals surface area contributed by atoms with E-state index in [9.17, 15) is 13.2 Å². The minimum Gasteiger partial charge on any atom is -0.366 e. The van der Waals surface area contributed by atoms with Crippen molar-refractivity contribution in [3.8, 4) is 0 Å². The molecule has 1 unspecified atom stereocenters. The van der Waals surface area contributed by atoms with Crippen LogP contribution in [0.4, 0.5) is 0 Å². The molecule has 1 saturated heterocycles. The highest BCUT2D eigenvalue weighted by Gasteiger charge is 2.29. The number of aryl methyl sites for hydroxylation is 1. The molecule has 4 N–H and O–H groups in total. The van der Waals surface area contributed by atoms with E-state index in [4.69, 9.17) is 5.73 Å². The quantitative estimate of drug-likeness (QED) is 0.744. The fourth-order valence-electron chi connectivity index (χ4n) is 2.66. The van der Waals surface area contributed by atoms with Crippen molar-refractivity contribution in [3.05, 3.63) is 29.3 Å². The van der Waals surface area contributed by atoms with Gasteiger partial charge in [0.2, 0.25) is 15.9 Å². The molecule has 0 aliphatic carbocycles. The van der Waals surface area contributed by atoms with Gasteiger partial charge in [0, 0.05) is 18.7 Å². The van der Waals surface area contributed by atoms with Crippen molar-refractivity contribution < 1.29 is 13.2 Å². The van der Waals surface area contributed by atoms with E-state index in [1.54, 1.807) is 13.0 Å². The van der Waals surface area contributed by atoms with Gasteiger partial charge >= 0.3 is 0 Å². The Bertz CT molecular complexity index is 665. The molecular formula is C15H23N3O3S. The molecule has 0 bridgehead atoms. The maximum Gasteiger partial charge on any atom is 0.249 e. The Morgan fingerprint density at radius 1 is 1.45 bits per heavy atom. The number of primary amides is 1. The third-order valence-electron chi connectivity index (χ3n) is 4.16. The lowest BCUT2D eigenvalue weighted by atomic mass is 9.83. The van der Waals surface area contributed by atoms with Crippen molar-refractivity contribution in [3.63, 3.8) is 0 Å². The van der Waals surface area contributed by atoms with Crippen molar-refractivity contribution in [2.75, 3.05) is 19.6 Å². The van der Waals surface area contributed by atoms with Crippen LogP contribution in [0.2, 0.25) is 0 Å². The normalized spacial score (nSPS) is 22.5. The van der Waals surface area contributed by atoms with Crippen LogP contribution in [-0.4, -0.2) is 34.0 Å². The molecule has 0 saturated carbocycles. The Morgan fingerprint density at radius 3 is 2.77 bits per heavy atom. The van der Waals surface area contributed by atoms with Crippen LogP contribution in [0, 0.1) is 12.3 Å². The number of piperidine rings is 1. The largest absolute Gasteiger partial charge is 0.366 e. The van der Waals surface area contributed by atoms with E-state index in [0.29, 0.717) is 12.1 Å². The van der Waals surface area contributed by atoms with Gasteiger partial charge in [-0.2, -0.15) is 0 Å². The van der Waals surface area contributed by atoms with E-state index >= 15 is 0 Å². The summed E-state index contributed by atoms with van der Waals surface area (Å²) in [5.74, 6) is -0.627. The fourth-order valence-corrected chi connectivity index (χ4v) is 3.88. The Morgan fingerprint density at radius 2 is 2.18 bits per heavy atom. The molecule has 1 amide bonds. The third-order valence-corrected chi connectivity index (χ3v) is 5.56. The van der Waals surface area contributed by atoms with E-state index in [0.717, 1.165) is 25.9 Å². The van der Waals surface area contributed by atoms with E-state index in [2.05, 4.69) is 17.0 Å². The fraction of sp³-hybridized carbons (Fsp3) is 0.533. The number of nitrogens with two attached hydrogens (primary N) is 1. The summed E-state index contributed by atoms with van der Waals surface area (Å²) in [6.07, 6.45) is 2.01. The van der Waals surface area contributed by atoms with Crippen LogP contribution in [0.5, 0.6) is 0 Å². The van der Waals surface area contributed by atoms with Crippen LogP contribution < -0.4 is 15.8 Å². The van der Waals surface area contributed by atoms with Gasteiger partial charge in [0.1, 0.15) is 0 Å². The van der Waals surface area contributed by atoms with Crippen molar-refractivity contribution in [2.45, 2.75) is 31.6 Å². The van der Waals surface area contributed by atoms with Gasteiger partial charge in [-0.15, -0.1) is 0 Å². The Hall–Kier alpha value is -1.44. The second-order valence-corrected chi connectivity index (χ2v) is 8.02. The summed E-state index contributed by atoms with van der Waals surface area (Å²) in [6, 6.07) is 4.42. The molecule has 1 aromatic rings. The molecule has 1 fully saturated rings. The maximum atomic E-state index is 12.4. The summed E-state index contributed by atoms with van der Waals surface area (Å²) >= 11 is 0. The molecule has 2 rings (SSSR count). The Kier molecular flexibility index (Phi) is 4.89. The van der Waals surface area contributed by atoms with Gasteiger partial charge in [-0.1, -0.05) is 13.0 Å². The number of sulfonamides is 1. The molecular weight excluding hydrogens is 302 g/mol. The lowest BCUT2D eigenvalue weighted by Crippen LogP contribution is -2.45. The minimum absolute atomic E-state index is 0.0688. The molecule has 1 aliphatic rings. The second kappa shape index (κ2) is 6.36. The number of amides is 1. The summed E-state index contributed by atoms with van der Waals surface area (Å²) in [6.45, 7) is 5.91. The number of nitrogens with one attached hydrogen (secondary N) is 2. The van der Waals surface area contributed by atoms with Gasteiger partial charge in [0.25, 0.3) is 0 Å². The van der Waals surface area contributed by atoms with Crippen molar-refractivity contribution >= 4 is 15.9 Å². The standard InChI is InChI=1S/C15H23N3O3S/c1-11-4-5-12(8-13(11)14(16)19)22(20,21)18-10-15(2)6-3-7-17-9-15/h4-5,8,17-18H,3,6-7,9-10H2,1-2H3,(H2,16,19). The number of hydrogen-bond acceptors (Lipinski definition) is 4. The topological polar surface area (TPSA) is 101 Å². The molecule has 122 valence electrons. The van der Waals surface area contributed by atoms with Crippen LogP contribution in [0.3, 0.4) is 0 Å². The zero-order valence-electron chi connectivity index (χ0n) is 13.0. The molecule has 6 nitrogen and oxygen atoms in total. The zero-order chi connectivity index (χ0) is 16.4. The smallest absolute Gasteiger partial charge is 0.249 e. The van der Waals surface area contributed by atoms with Crippen LogP contribution in [0.15, 0.2) is 23.1 Å². The average Bonchev–Trinajstić information content (AvgIpc) is 2.46. The van der Waals surface area contributed by atoms with Crippen LogP contribution >= 0.6 is 0 Å². The first-order valence-electron chi connectivity index (χ1n) is 7.34. The molecule has 7 heteroatoms. The summed E-state index contributed by atoms with van der Waals surface area (Å²) < 4.78 is 27.5. The highest BCUT2D eigenvalue weighted by Crippen LogP contribution is 2.25. The molecule has 0 aromatic heterocycles. The number of hydrogen-bond donors (Lipinski definition) is 3. The molecule has 1 aliphatic heterocycles. The Balaban J connectivity index is 2.16. The SMILES string of the molecule is Cc1ccc(S(=O)(=O)NCC2(C)CCCNC2)cc1C(N)=O. The molecule has 0 spiro atoms. The predicted molar refractivity (Wildman–Crippen MR) is 85.1 cm³/mol. The van der Waals surface area contributed by atoms with Crippen LogP contribution in [0.25, 0.3) is 0 Å². The summed E-state index contributed by atoms with van der Waals surface area (Å²) in [4.78, 5) is 11.4. The van der Waals surface area contributed by atoms with E-state index in [1.165, 1.54) is 12.1 Å². The van der Waals surface area contributed by atoms with Crippen molar-refractivity contribution in [1.82, 2.24) is 10.0 Å². The van der Waals surface area contributed by atoms with E-state index < -0.39 is 15.9 Å². The first-order valence-corrected chi connectivity index (χ1v) is 8.83. The number of carbonyl (C=O) groups excluding carboxylic acids is 1. The summed E-state index contributed by atoms with van der Waals surface area (Å²) in [5, 5.41) is 3.29. The minimum atomic E-state index is -3.66. The van der Waals surface area contributed by atoms with Crippen LogP contribution in [-0.2, 0) is 10.0 Å². The van der Waals surface area contributed by atoms with Gasteiger partial charge in [-0.3, -0.25) is 4.79 Å². The van der Waals surface area contributed by atoms with Gasteiger partial charge in [0.15, 0.2) is 0 Å². The van der Waals surface area contributed by atoms with Gasteiger partial charge < -0.3 is 11.1 Å². The molecule has 1 aromatic carbocycles. The summed E-state index contributed by atoms with van der Waals surface area (Å²) in [7, 11) is -3.66. The van der Waals surface area contributed by atoms with E-state index in [-0.39, 0.29) is 15.9 Å². The molecule has 0 radical (unpaired) electrons. The van der Waals surface area contributed by atoms with Gasteiger partial charge in [-0.25, -0.2) is 13.1 Å². The number of benzene rings is 1. The third kappa shape index (κ3) is 3.85. The molecule has 1 atom stereocenters. The molecule has 1 heterocycles. The number of carbonyl (C=O) groups is 1. The van der Waals surface area contributed by atoms with Crippen molar-refractivity contribution in [1.29, 1.82) is 0 Å². The zero-order valence-corrected chi connectivity index (χ0v) is 13.8. The van der Waals surface area contributed by atoms with E-state index in [1.807, 2.05) is 0 Å². The lowest BCUT2D eigenvalue weighted by Gasteiger charge is -2.34. The molecule has 22 heavy (non-hydrogen) atoms.